The van der Waals surface area contributed by atoms with E-state index in [1.54, 1.807) is 6.92 Å². The topological polar surface area (TPSA) is 67.4 Å². The van der Waals surface area contributed by atoms with Gasteiger partial charge in [0.15, 0.2) is 0 Å². The van der Waals surface area contributed by atoms with Gasteiger partial charge in [0.2, 0.25) is 6.41 Å². The van der Waals surface area contributed by atoms with Crippen molar-refractivity contribution < 1.29 is 14.3 Å². The maximum atomic E-state index is 11.6. The number of rotatable bonds is 8. The van der Waals surface area contributed by atoms with Crippen molar-refractivity contribution in [2.75, 3.05) is 20.2 Å². The maximum Gasteiger partial charge on any atom is 0.251 e. The molecule has 0 aliphatic heterocycles. The molecule has 88 valence electrons. The Morgan fingerprint density at radius 1 is 1.47 bits per heavy atom. The SMILES string of the molecule is CCC(C)(OC)C(=O)NCCCNC=O. The van der Waals surface area contributed by atoms with E-state index in [-0.39, 0.29) is 5.91 Å². The number of nitrogens with one attached hydrogen (secondary N) is 2. The van der Waals surface area contributed by atoms with Crippen LogP contribution in [0.2, 0.25) is 0 Å². The lowest BCUT2D eigenvalue weighted by molar-refractivity contribution is -0.141. The lowest BCUT2D eigenvalue weighted by Gasteiger charge is -2.25. The highest BCUT2D eigenvalue weighted by atomic mass is 16.5. The highest BCUT2D eigenvalue weighted by molar-refractivity contribution is 5.84. The van der Waals surface area contributed by atoms with E-state index in [1.807, 2.05) is 6.92 Å². The molecule has 2 N–H and O–H groups in total. The number of amides is 2. The minimum Gasteiger partial charge on any atom is -0.369 e. The van der Waals surface area contributed by atoms with Crippen LogP contribution in [-0.2, 0) is 14.3 Å². The predicted octanol–water partition coefficient (Wildman–Crippen LogP) is 0.0538. The second kappa shape index (κ2) is 7.23. The molecule has 1 atom stereocenters. The van der Waals surface area contributed by atoms with Gasteiger partial charge in [-0.15, -0.1) is 0 Å². The Labute approximate surface area is 90.6 Å². The highest BCUT2D eigenvalue weighted by Crippen LogP contribution is 2.13. The van der Waals surface area contributed by atoms with Gasteiger partial charge in [0.25, 0.3) is 5.91 Å². The van der Waals surface area contributed by atoms with Gasteiger partial charge in [0.05, 0.1) is 0 Å². The van der Waals surface area contributed by atoms with Crippen LogP contribution < -0.4 is 10.6 Å². The molecule has 0 bridgehead atoms. The Morgan fingerprint density at radius 2 is 2.13 bits per heavy atom. The van der Waals surface area contributed by atoms with Crippen LogP contribution in [0.5, 0.6) is 0 Å². The van der Waals surface area contributed by atoms with E-state index in [4.69, 9.17) is 4.74 Å². The zero-order chi connectivity index (χ0) is 11.7. The summed E-state index contributed by atoms with van der Waals surface area (Å²) in [6.45, 7) is 4.77. The van der Waals surface area contributed by atoms with Gasteiger partial charge in [-0.25, -0.2) is 0 Å². The number of carbonyl (C=O) groups is 2. The average molecular weight is 216 g/mol. The number of hydrogen-bond donors (Lipinski definition) is 2. The third kappa shape index (κ3) is 4.78. The van der Waals surface area contributed by atoms with Crippen LogP contribution in [0, 0.1) is 0 Å². The van der Waals surface area contributed by atoms with E-state index < -0.39 is 5.60 Å². The van der Waals surface area contributed by atoms with Gasteiger partial charge in [0.1, 0.15) is 5.60 Å². The summed E-state index contributed by atoms with van der Waals surface area (Å²) in [4.78, 5) is 21.6. The number of carbonyl (C=O) groups excluding carboxylic acids is 2. The van der Waals surface area contributed by atoms with Crippen LogP contribution in [-0.4, -0.2) is 38.1 Å². The first-order valence-corrected chi connectivity index (χ1v) is 5.11. The molecule has 5 nitrogen and oxygen atoms in total. The molecule has 0 saturated carbocycles. The van der Waals surface area contributed by atoms with Crippen LogP contribution in [0.4, 0.5) is 0 Å². The Bertz CT molecular complexity index is 203. The molecule has 1 unspecified atom stereocenters. The Morgan fingerprint density at radius 3 is 2.60 bits per heavy atom. The quantitative estimate of drug-likeness (QED) is 0.445. The number of ether oxygens (including phenoxy) is 1. The van der Waals surface area contributed by atoms with Crippen molar-refractivity contribution in [2.45, 2.75) is 32.3 Å². The van der Waals surface area contributed by atoms with Gasteiger partial charge >= 0.3 is 0 Å². The van der Waals surface area contributed by atoms with E-state index in [2.05, 4.69) is 10.6 Å². The van der Waals surface area contributed by atoms with Gasteiger partial charge < -0.3 is 15.4 Å². The third-order valence-corrected chi connectivity index (χ3v) is 2.47. The Hall–Kier alpha value is -1.10. The van der Waals surface area contributed by atoms with Crippen molar-refractivity contribution in [3.8, 4) is 0 Å². The fourth-order valence-electron chi connectivity index (χ4n) is 1.04. The van der Waals surface area contributed by atoms with Crippen molar-refractivity contribution in [3.63, 3.8) is 0 Å². The molecule has 0 radical (unpaired) electrons. The summed E-state index contributed by atoms with van der Waals surface area (Å²) in [5, 5.41) is 5.29. The minimum atomic E-state index is -0.752. The zero-order valence-electron chi connectivity index (χ0n) is 9.63. The van der Waals surface area contributed by atoms with E-state index in [0.29, 0.717) is 32.3 Å². The molecule has 0 fully saturated rings. The molecule has 0 aliphatic carbocycles. The third-order valence-electron chi connectivity index (χ3n) is 2.47. The second-order valence-corrected chi connectivity index (χ2v) is 3.47. The van der Waals surface area contributed by atoms with Gasteiger partial charge in [-0.1, -0.05) is 6.92 Å². The monoisotopic (exact) mass is 216 g/mol. The minimum absolute atomic E-state index is 0.112. The smallest absolute Gasteiger partial charge is 0.251 e. The first-order valence-electron chi connectivity index (χ1n) is 5.11. The molecule has 0 aromatic rings. The summed E-state index contributed by atoms with van der Waals surface area (Å²) in [6, 6.07) is 0. The summed E-state index contributed by atoms with van der Waals surface area (Å²) in [5.41, 5.74) is -0.752. The number of methoxy groups -OCH3 is 1. The van der Waals surface area contributed by atoms with Crippen LogP contribution in [0.15, 0.2) is 0 Å². The summed E-state index contributed by atoms with van der Waals surface area (Å²) >= 11 is 0. The molecule has 0 aromatic carbocycles. The Kier molecular flexibility index (Phi) is 6.70. The molecule has 0 heterocycles. The van der Waals surface area contributed by atoms with Crippen molar-refractivity contribution in [3.05, 3.63) is 0 Å². The normalized spacial score (nSPS) is 14.1. The summed E-state index contributed by atoms with van der Waals surface area (Å²) < 4.78 is 5.14. The summed E-state index contributed by atoms with van der Waals surface area (Å²) in [5.74, 6) is -0.112. The van der Waals surface area contributed by atoms with Crippen LogP contribution in [0.25, 0.3) is 0 Å². The van der Waals surface area contributed by atoms with Gasteiger partial charge in [-0.05, 0) is 19.8 Å². The zero-order valence-corrected chi connectivity index (χ0v) is 9.63. The van der Waals surface area contributed by atoms with Crippen molar-refractivity contribution >= 4 is 12.3 Å². The highest BCUT2D eigenvalue weighted by Gasteiger charge is 2.30. The van der Waals surface area contributed by atoms with Crippen LogP contribution in [0.1, 0.15) is 26.7 Å². The van der Waals surface area contributed by atoms with Gasteiger partial charge in [-0.3, -0.25) is 9.59 Å². The second-order valence-electron chi connectivity index (χ2n) is 3.47. The molecule has 0 aliphatic rings. The molecule has 0 rings (SSSR count). The summed E-state index contributed by atoms with van der Waals surface area (Å²) in [7, 11) is 1.52. The van der Waals surface area contributed by atoms with Crippen LogP contribution in [0.3, 0.4) is 0 Å². The van der Waals surface area contributed by atoms with Gasteiger partial charge in [-0.2, -0.15) is 0 Å². The van der Waals surface area contributed by atoms with Gasteiger partial charge in [0, 0.05) is 20.2 Å². The Balaban J connectivity index is 3.77. The molecule has 0 aromatic heterocycles. The van der Waals surface area contributed by atoms with E-state index >= 15 is 0 Å². The first kappa shape index (κ1) is 13.9. The largest absolute Gasteiger partial charge is 0.369 e. The molecular formula is C10H20N2O3. The van der Waals surface area contributed by atoms with Crippen molar-refractivity contribution in [1.29, 1.82) is 0 Å². The van der Waals surface area contributed by atoms with E-state index in [9.17, 15) is 9.59 Å². The molecule has 0 spiro atoms. The molecule has 15 heavy (non-hydrogen) atoms. The van der Waals surface area contributed by atoms with Crippen molar-refractivity contribution in [2.24, 2.45) is 0 Å². The van der Waals surface area contributed by atoms with E-state index in [1.165, 1.54) is 7.11 Å². The molecule has 0 saturated heterocycles. The predicted molar refractivity (Wildman–Crippen MR) is 57.4 cm³/mol. The first-order chi connectivity index (χ1) is 7.10. The number of hydrogen-bond acceptors (Lipinski definition) is 3. The van der Waals surface area contributed by atoms with Crippen LogP contribution >= 0.6 is 0 Å². The summed E-state index contributed by atoms with van der Waals surface area (Å²) in [6.07, 6.45) is 1.99. The standard InChI is InChI=1S/C10H20N2O3/c1-4-10(2,15-3)9(14)12-7-5-6-11-8-13/h8H,4-7H2,1-3H3,(H,11,13)(H,12,14). The van der Waals surface area contributed by atoms with Crippen molar-refractivity contribution in [1.82, 2.24) is 10.6 Å². The fourth-order valence-corrected chi connectivity index (χ4v) is 1.04. The maximum absolute atomic E-state index is 11.6. The molecule has 5 heteroatoms. The lowest BCUT2D eigenvalue weighted by Crippen LogP contribution is -2.46. The fraction of sp³-hybridized carbons (Fsp3) is 0.800. The van der Waals surface area contributed by atoms with E-state index in [0.717, 1.165) is 0 Å². The molecule has 2 amide bonds. The molecular weight excluding hydrogens is 196 g/mol. The lowest BCUT2D eigenvalue weighted by atomic mass is 10.0. The average Bonchev–Trinajstić information content (AvgIpc) is 2.27.